The van der Waals surface area contributed by atoms with Gasteiger partial charge in [0.25, 0.3) is 0 Å². The quantitative estimate of drug-likeness (QED) is 0.297. The molecule has 0 aromatic heterocycles. The summed E-state index contributed by atoms with van der Waals surface area (Å²) in [4.78, 5) is 0. The first-order valence-electron chi connectivity index (χ1n) is 1.81. The van der Waals surface area contributed by atoms with E-state index in [1.54, 1.807) is 6.08 Å². The largest absolute Gasteiger partial charge is 0 e. The number of thiocarbonyl (C=S) groups is 1. The monoisotopic (exact) mass is 261 g/mol. The van der Waals surface area contributed by atoms with Gasteiger partial charge in [-0.15, -0.1) is 6.58 Å². The second kappa shape index (κ2) is 16.1. The topological polar surface area (TPSA) is 12.0 Å². The van der Waals surface area contributed by atoms with Crippen LogP contribution < -0.4 is 4.33 Å². The average molecular weight is 263 g/mol. The molecular weight excluding hydrogens is 255 g/mol. The van der Waals surface area contributed by atoms with Gasteiger partial charge >= 0.3 is 49.7 Å². The van der Waals surface area contributed by atoms with Gasteiger partial charge in [0.05, 0.1) is 0 Å². The van der Waals surface area contributed by atoms with Crippen molar-refractivity contribution in [1.29, 1.82) is 0 Å². The molecule has 0 unspecified atom stereocenters. The van der Waals surface area contributed by atoms with Crippen LogP contribution in [0.3, 0.4) is 0 Å². The maximum atomic E-state index is 4.34. The Kier molecular flexibility index (Phi) is 29.6. The SMILES string of the molecule is C=CC.S=C(S)[NH][Cu].[Zn]. The first-order valence-corrected chi connectivity index (χ1v) is 3.14. The van der Waals surface area contributed by atoms with Crippen molar-refractivity contribution in [2.24, 2.45) is 0 Å². The summed E-state index contributed by atoms with van der Waals surface area (Å²) in [7, 11) is 0. The summed E-state index contributed by atoms with van der Waals surface area (Å²) in [6.45, 7) is 5.25. The van der Waals surface area contributed by atoms with Crippen LogP contribution in [0.4, 0.5) is 0 Å². The molecule has 1 N–H and O–H groups in total. The second-order valence-corrected chi connectivity index (χ2v) is 2.18. The van der Waals surface area contributed by atoms with Crippen LogP contribution in [-0.4, -0.2) is 4.32 Å². The van der Waals surface area contributed by atoms with Crippen molar-refractivity contribution in [2.75, 3.05) is 0 Å². The van der Waals surface area contributed by atoms with E-state index in [0.717, 1.165) is 0 Å². The molecule has 54 valence electrons. The second-order valence-electron chi connectivity index (χ2n) is 0.789. The van der Waals surface area contributed by atoms with Gasteiger partial charge < -0.3 is 0 Å². The molecule has 0 bridgehead atoms. The summed E-state index contributed by atoms with van der Waals surface area (Å²) in [6, 6.07) is 0. The molecule has 0 saturated heterocycles. The van der Waals surface area contributed by atoms with Gasteiger partial charge in [-0.2, -0.15) is 0 Å². The van der Waals surface area contributed by atoms with E-state index in [1.165, 1.54) is 0 Å². The standard InChI is InChI=1S/C3H6.CH3NS2.Cu.Zn/c1-3-2;2-1(3)4;;/h3H,1H2,2H3;(H3,2,3,4);;/q;;+1;/p-1. The molecule has 0 amide bonds. The van der Waals surface area contributed by atoms with Crippen molar-refractivity contribution in [1.82, 2.24) is 4.33 Å². The molecule has 9 heavy (non-hydrogen) atoms. The molecule has 5 heteroatoms. The molecule has 0 saturated carbocycles. The molecule has 0 spiro atoms. The molecule has 1 nitrogen and oxygen atoms in total. The zero-order chi connectivity index (χ0) is 6.99. The Hall–Kier alpha value is 1.12. The third kappa shape index (κ3) is 47.5. The van der Waals surface area contributed by atoms with Gasteiger partial charge in [0.15, 0.2) is 0 Å². The molecule has 0 fully saturated rings. The molecule has 0 heterocycles. The van der Waals surface area contributed by atoms with Gasteiger partial charge in [0.2, 0.25) is 0 Å². The Bertz CT molecular complexity index is 79.0. The predicted molar refractivity (Wildman–Crippen MR) is 40.6 cm³/mol. The van der Waals surface area contributed by atoms with E-state index in [0.29, 0.717) is 4.32 Å². The van der Waals surface area contributed by atoms with E-state index in [-0.39, 0.29) is 19.5 Å². The number of hydrogen-bond donors (Lipinski definition) is 2. The fourth-order valence-corrected chi connectivity index (χ4v) is 0. The first-order chi connectivity index (χ1) is 3.68. The van der Waals surface area contributed by atoms with Crippen molar-refractivity contribution in [3.8, 4) is 0 Å². The molecule has 0 rings (SSSR count). The van der Waals surface area contributed by atoms with Crippen LogP contribution in [0.25, 0.3) is 0 Å². The fourth-order valence-electron chi connectivity index (χ4n) is 0. The van der Waals surface area contributed by atoms with Crippen molar-refractivity contribution < 1.29 is 35.7 Å². The van der Waals surface area contributed by atoms with E-state index in [9.17, 15) is 0 Å². The summed E-state index contributed by atoms with van der Waals surface area (Å²) in [5.41, 5.74) is 0. The van der Waals surface area contributed by atoms with E-state index >= 15 is 0 Å². The minimum atomic E-state index is 0. The van der Waals surface area contributed by atoms with E-state index in [1.807, 2.05) is 6.92 Å². The Morgan fingerprint density at radius 3 is 2.00 bits per heavy atom. The normalized spacial score (nSPS) is 5.33. The molecule has 0 aliphatic carbocycles. The summed E-state index contributed by atoms with van der Waals surface area (Å²) < 4.78 is 2.52. The fraction of sp³-hybridized carbons (Fsp3) is 0.250. The zero-order valence-electron chi connectivity index (χ0n) is 5.15. The third-order valence-electron chi connectivity index (χ3n) is 0.0645. The number of allylic oxidation sites excluding steroid dienone is 1. The van der Waals surface area contributed by atoms with E-state index in [2.05, 4.69) is 52.0 Å². The minimum Gasteiger partial charge on any atom is 0 e. The Morgan fingerprint density at radius 1 is 1.89 bits per heavy atom. The van der Waals surface area contributed by atoms with Crippen molar-refractivity contribution in [3.63, 3.8) is 0 Å². The Labute approximate surface area is 88.2 Å². The molecule has 0 atom stereocenters. The Morgan fingerprint density at radius 2 is 2.00 bits per heavy atom. The molecule has 0 aromatic carbocycles. The van der Waals surface area contributed by atoms with E-state index in [4.69, 9.17) is 0 Å². The van der Waals surface area contributed by atoms with Crippen molar-refractivity contribution in [2.45, 2.75) is 6.92 Å². The summed E-state index contributed by atoms with van der Waals surface area (Å²) >= 11 is 12.3. The van der Waals surface area contributed by atoms with Gasteiger partial charge in [-0.1, -0.05) is 6.08 Å². The van der Waals surface area contributed by atoms with Crippen LogP contribution >= 0.6 is 24.8 Å². The van der Waals surface area contributed by atoms with Gasteiger partial charge in [-0.25, -0.2) is 0 Å². The Balaban J connectivity index is -0.0000000800. The maximum Gasteiger partial charge on any atom is 0 e. The summed E-state index contributed by atoms with van der Waals surface area (Å²) in [6.07, 6.45) is 1.75. The average Bonchev–Trinajstić information content (AvgIpc) is 1.69. The van der Waals surface area contributed by atoms with Crippen LogP contribution in [0.2, 0.25) is 0 Å². The summed E-state index contributed by atoms with van der Waals surface area (Å²) in [5, 5.41) is 0. The first kappa shape index (κ1) is 16.6. The number of nitrogens with one attached hydrogen (secondary N) is 1. The van der Waals surface area contributed by atoms with Crippen molar-refractivity contribution >= 4 is 29.2 Å². The third-order valence-corrected chi connectivity index (χ3v) is 0.798. The molecule has 0 aromatic rings. The van der Waals surface area contributed by atoms with Crippen LogP contribution in [0.15, 0.2) is 12.7 Å². The maximum absolute atomic E-state index is 4.34. The van der Waals surface area contributed by atoms with Crippen LogP contribution in [0, 0.1) is 0 Å². The molecular formula is C4H8CuNS2Zn. The smallest absolute Gasteiger partial charge is 0 e. The number of thiol groups is 1. The van der Waals surface area contributed by atoms with Crippen LogP contribution in [0.5, 0.6) is 0 Å². The molecule has 0 aliphatic rings. The molecule has 0 radical (unpaired) electrons. The predicted octanol–water partition coefficient (Wildman–Crippen LogP) is 1.44. The molecule has 0 aliphatic heterocycles. The van der Waals surface area contributed by atoms with Gasteiger partial charge in [0.1, 0.15) is 0 Å². The summed E-state index contributed by atoms with van der Waals surface area (Å²) in [5.74, 6) is 0. The number of rotatable bonds is 0. The minimum absolute atomic E-state index is 0. The van der Waals surface area contributed by atoms with E-state index < -0.39 is 0 Å². The van der Waals surface area contributed by atoms with Crippen LogP contribution in [-0.2, 0) is 35.7 Å². The van der Waals surface area contributed by atoms with Gasteiger partial charge in [0, 0.05) is 19.5 Å². The van der Waals surface area contributed by atoms with Crippen molar-refractivity contribution in [3.05, 3.63) is 12.7 Å². The zero-order valence-corrected chi connectivity index (χ0v) is 10.8. The number of hydrogen-bond acceptors (Lipinski definition) is 1. The van der Waals surface area contributed by atoms with Gasteiger partial charge in [-0.3, -0.25) is 0 Å². The van der Waals surface area contributed by atoms with Crippen LogP contribution in [0.1, 0.15) is 6.92 Å². The van der Waals surface area contributed by atoms with Gasteiger partial charge in [-0.05, 0) is 6.92 Å².